The normalized spacial score (nSPS) is 19.8. The quantitative estimate of drug-likeness (QED) is 0.786. The SMILES string of the molecule is CN(C)c1ccc(C(=O)NC2C=CS(=O)(=O)C2)cc1N. The molecule has 0 aromatic heterocycles. The number of nitrogens with zero attached hydrogens (tertiary/aromatic N) is 1. The van der Waals surface area contributed by atoms with Crippen LogP contribution in [-0.4, -0.2) is 40.2 Å². The van der Waals surface area contributed by atoms with Crippen molar-refractivity contribution in [2.75, 3.05) is 30.5 Å². The molecule has 1 atom stereocenters. The summed E-state index contributed by atoms with van der Waals surface area (Å²) < 4.78 is 22.5. The first-order valence-corrected chi connectivity index (χ1v) is 7.79. The van der Waals surface area contributed by atoms with Crippen molar-refractivity contribution in [1.82, 2.24) is 5.32 Å². The maximum atomic E-state index is 12.0. The number of sulfone groups is 1. The van der Waals surface area contributed by atoms with E-state index in [2.05, 4.69) is 5.32 Å². The number of rotatable bonds is 3. The topological polar surface area (TPSA) is 92.5 Å². The number of nitrogens with one attached hydrogen (secondary N) is 1. The van der Waals surface area contributed by atoms with Crippen molar-refractivity contribution in [1.29, 1.82) is 0 Å². The maximum absolute atomic E-state index is 12.0. The van der Waals surface area contributed by atoms with Gasteiger partial charge in [0.25, 0.3) is 5.91 Å². The molecule has 0 bridgehead atoms. The zero-order valence-corrected chi connectivity index (χ0v) is 12.1. The average Bonchev–Trinajstić information content (AvgIpc) is 2.68. The van der Waals surface area contributed by atoms with E-state index < -0.39 is 15.9 Å². The van der Waals surface area contributed by atoms with Crippen molar-refractivity contribution in [3.8, 4) is 0 Å². The molecule has 0 aliphatic carbocycles. The first kappa shape index (κ1) is 14.4. The Labute approximate surface area is 118 Å². The van der Waals surface area contributed by atoms with Crippen LogP contribution in [0.4, 0.5) is 11.4 Å². The van der Waals surface area contributed by atoms with E-state index >= 15 is 0 Å². The summed E-state index contributed by atoms with van der Waals surface area (Å²) in [6, 6.07) is 4.51. The average molecular weight is 295 g/mol. The molecule has 2 rings (SSSR count). The molecule has 1 amide bonds. The number of carbonyl (C=O) groups is 1. The van der Waals surface area contributed by atoms with Gasteiger partial charge in [-0.05, 0) is 24.3 Å². The molecule has 0 radical (unpaired) electrons. The summed E-state index contributed by atoms with van der Waals surface area (Å²) in [6.07, 6.45) is 1.48. The maximum Gasteiger partial charge on any atom is 0.251 e. The molecule has 0 spiro atoms. The van der Waals surface area contributed by atoms with E-state index in [1.54, 1.807) is 18.2 Å². The van der Waals surface area contributed by atoms with Gasteiger partial charge in [-0.25, -0.2) is 8.42 Å². The number of hydrogen-bond donors (Lipinski definition) is 2. The van der Waals surface area contributed by atoms with Gasteiger partial charge in [-0.3, -0.25) is 4.79 Å². The summed E-state index contributed by atoms with van der Waals surface area (Å²) in [5, 5.41) is 3.78. The van der Waals surface area contributed by atoms with Crippen LogP contribution in [0.25, 0.3) is 0 Å². The number of nitrogen functional groups attached to an aromatic ring is 1. The molecule has 0 fully saturated rings. The largest absolute Gasteiger partial charge is 0.397 e. The highest BCUT2D eigenvalue weighted by Gasteiger charge is 2.23. The Morgan fingerprint density at radius 2 is 2.10 bits per heavy atom. The fourth-order valence-corrected chi connectivity index (χ4v) is 3.26. The van der Waals surface area contributed by atoms with Crippen LogP contribution in [0.3, 0.4) is 0 Å². The van der Waals surface area contributed by atoms with Crippen LogP contribution in [-0.2, 0) is 9.84 Å². The monoisotopic (exact) mass is 295 g/mol. The Morgan fingerprint density at radius 1 is 1.40 bits per heavy atom. The molecular weight excluding hydrogens is 278 g/mol. The Kier molecular flexibility index (Phi) is 3.71. The molecule has 20 heavy (non-hydrogen) atoms. The number of carbonyl (C=O) groups excluding carboxylic acids is 1. The van der Waals surface area contributed by atoms with Crippen LogP contribution in [0.1, 0.15) is 10.4 Å². The van der Waals surface area contributed by atoms with Crippen molar-refractivity contribution >= 4 is 27.1 Å². The summed E-state index contributed by atoms with van der Waals surface area (Å²) in [6.45, 7) is 0. The van der Waals surface area contributed by atoms with E-state index in [-0.39, 0.29) is 11.7 Å². The standard InChI is InChI=1S/C13H17N3O3S/c1-16(2)12-4-3-9(7-11(12)14)13(17)15-10-5-6-20(18,19)8-10/h3-7,10H,8,14H2,1-2H3,(H,15,17). The van der Waals surface area contributed by atoms with Crippen molar-refractivity contribution in [3.05, 3.63) is 35.2 Å². The lowest BCUT2D eigenvalue weighted by molar-refractivity contribution is 0.0947. The number of nitrogens with two attached hydrogens (primary N) is 1. The van der Waals surface area contributed by atoms with Crippen molar-refractivity contribution < 1.29 is 13.2 Å². The van der Waals surface area contributed by atoms with Crippen LogP contribution < -0.4 is 16.0 Å². The molecule has 1 aliphatic heterocycles. The number of benzene rings is 1. The van der Waals surface area contributed by atoms with Crippen LogP contribution in [0, 0.1) is 0 Å². The van der Waals surface area contributed by atoms with Crippen LogP contribution in [0.2, 0.25) is 0 Å². The number of amides is 1. The molecule has 3 N–H and O–H groups in total. The summed E-state index contributed by atoms with van der Waals surface area (Å²) in [5.41, 5.74) is 7.61. The Morgan fingerprint density at radius 3 is 2.60 bits per heavy atom. The van der Waals surface area contributed by atoms with E-state index in [0.717, 1.165) is 11.1 Å². The molecule has 1 heterocycles. The Hall–Kier alpha value is -2.02. The lowest BCUT2D eigenvalue weighted by Crippen LogP contribution is -2.35. The molecule has 6 nitrogen and oxygen atoms in total. The van der Waals surface area contributed by atoms with Gasteiger partial charge < -0.3 is 16.0 Å². The van der Waals surface area contributed by atoms with Crippen molar-refractivity contribution in [3.63, 3.8) is 0 Å². The molecule has 1 unspecified atom stereocenters. The Bertz CT molecular complexity index is 665. The summed E-state index contributed by atoms with van der Waals surface area (Å²) >= 11 is 0. The van der Waals surface area contributed by atoms with Crippen molar-refractivity contribution in [2.24, 2.45) is 0 Å². The zero-order chi connectivity index (χ0) is 14.9. The summed E-state index contributed by atoms with van der Waals surface area (Å²) in [4.78, 5) is 13.9. The minimum absolute atomic E-state index is 0.0933. The van der Waals surface area contributed by atoms with Gasteiger partial charge in [0.2, 0.25) is 0 Å². The number of hydrogen-bond acceptors (Lipinski definition) is 5. The molecule has 1 aliphatic rings. The second-order valence-electron chi connectivity index (χ2n) is 4.91. The highest BCUT2D eigenvalue weighted by atomic mass is 32.2. The van der Waals surface area contributed by atoms with E-state index in [4.69, 9.17) is 5.73 Å². The lowest BCUT2D eigenvalue weighted by atomic mass is 10.1. The predicted molar refractivity (Wildman–Crippen MR) is 79.4 cm³/mol. The first-order valence-electron chi connectivity index (χ1n) is 6.07. The first-order chi connectivity index (χ1) is 9.28. The fourth-order valence-electron chi connectivity index (χ4n) is 2.02. The third-order valence-corrected chi connectivity index (χ3v) is 4.41. The lowest BCUT2D eigenvalue weighted by Gasteiger charge is -2.16. The predicted octanol–water partition coefficient (Wildman–Crippen LogP) is 0.375. The molecule has 108 valence electrons. The van der Waals surface area contributed by atoms with Gasteiger partial charge in [-0.15, -0.1) is 0 Å². The molecular formula is C13H17N3O3S. The molecule has 1 aromatic carbocycles. The van der Waals surface area contributed by atoms with Gasteiger partial charge in [0.05, 0.1) is 23.2 Å². The van der Waals surface area contributed by atoms with E-state index in [9.17, 15) is 13.2 Å². The second kappa shape index (κ2) is 5.16. The highest BCUT2D eigenvalue weighted by Crippen LogP contribution is 2.22. The second-order valence-corrected chi connectivity index (χ2v) is 6.84. The number of anilines is 2. The minimum Gasteiger partial charge on any atom is -0.397 e. The van der Waals surface area contributed by atoms with Crippen molar-refractivity contribution in [2.45, 2.75) is 6.04 Å². The zero-order valence-electron chi connectivity index (χ0n) is 11.3. The van der Waals surface area contributed by atoms with Gasteiger partial charge in [0, 0.05) is 25.1 Å². The molecule has 0 saturated heterocycles. The third-order valence-electron chi connectivity index (χ3n) is 3.02. The van der Waals surface area contributed by atoms with Gasteiger partial charge in [0.1, 0.15) is 0 Å². The summed E-state index contributed by atoms with van der Waals surface area (Å²) in [5.74, 6) is -0.432. The third kappa shape index (κ3) is 3.11. The van der Waals surface area contributed by atoms with Gasteiger partial charge in [-0.2, -0.15) is 0 Å². The van der Waals surface area contributed by atoms with E-state index in [0.29, 0.717) is 11.3 Å². The molecule has 1 aromatic rings. The Balaban J connectivity index is 2.11. The van der Waals surface area contributed by atoms with Gasteiger partial charge in [-0.1, -0.05) is 0 Å². The smallest absolute Gasteiger partial charge is 0.251 e. The fraction of sp³-hybridized carbons (Fsp3) is 0.308. The summed E-state index contributed by atoms with van der Waals surface area (Å²) in [7, 11) is 0.545. The van der Waals surface area contributed by atoms with Crippen LogP contribution in [0.5, 0.6) is 0 Å². The highest BCUT2D eigenvalue weighted by molar-refractivity contribution is 7.94. The molecule has 7 heteroatoms. The van der Waals surface area contributed by atoms with Gasteiger partial charge >= 0.3 is 0 Å². The van der Waals surface area contributed by atoms with Crippen LogP contribution in [0.15, 0.2) is 29.7 Å². The van der Waals surface area contributed by atoms with Gasteiger partial charge in [0.15, 0.2) is 9.84 Å². The molecule has 0 saturated carbocycles. The van der Waals surface area contributed by atoms with Crippen LogP contribution >= 0.6 is 0 Å². The van der Waals surface area contributed by atoms with E-state index in [1.807, 2.05) is 19.0 Å². The van der Waals surface area contributed by atoms with E-state index in [1.165, 1.54) is 6.08 Å². The minimum atomic E-state index is -3.18.